The minimum atomic E-state index is -0.367. The molecule has 29 heavy (non-hydrogen) atoms. The summed E-state index contributed by atoms with van der Waals surface area (Å²) < 4.78 is 5.16. The Bertz CT molecular complexity index is 1030. The van der Waals surface area contributed by atoms with Crippen LogP contribution in [0.5, 0.6) is 0 Å². The molecule has 2 heterocycles. The number of hydrogen-bond donors (Lipinski definition) is 1. The number of carbonyl (C=O) groups is 1. The molecule has 0 bridgehead atoms. The molecule has 6 heteroatoms. The van der Waals surface area contributed by atoms with E-state index in [-0.39, 0.29) is 5.97 Å². The molecule has 6 nitrogen and oxygen atoms in total. The second-order valence-corrected chi connectivity index (χ2v) is 6.97. The fourth-order valence-electron chi connectivity index (χ4n) is 3.62. The molecule has 1 aliphatic rings. The summed E-state index contributed by atoms with van der Waals surface area (Å²) in [5, 5.41) is 3.21. The first-order chi connectivity index (χ1) is 14.2. The fourth-order valence-corrected chi connectivity index (χ4v) is 3.62. The number of para-hydroxylation sites is 2. The first-order valence-electron chi connectivity index (χ1n) is 9.90. The maximum atomic E-state index is 12.3. The number of benzene rings is 2. The van der Waals surface area contributed by atoms with Crippen molar-refractivity contribution in [1.82, 2.24) is 9.97 Å². The van der Waals surface area contributed by atoms with E-state index in [2.05, 4.69) is 39.5 Å². The van der Waals surface area contributed by atoms with Crippen molar-refractivity contribution in [2.75, 3.05) is 23.4 Å². The van der Waals surface area contributed by atoms with Crippen molar-refractivity contribution in [1.29, 1.82) is 0 Å². The second kappa shape index (κ2) is 8.31. The molecule has 3 aromatic rings. The highest BCUT2D eigenvalue weighted by atomic mass is 16.5. The van der Waals surface area contributed by atoms with Gasteiger partial charge in [0.15, 0.2) is 0 Å². The SMILES string of the molecule is CCOC(=O)c1ccccc1Nc1nc(C)cc(N2CCCc3ccccc32)n1. The lowest BCUT2D eigenvalue weighted by Gasteiger charge is -2.30. The summed E-state index contributed by atoms with van der Waals surface area (Å²) in [6.07, 6.45) is 2.16. The minimum Gasteiger partial charge on any atom is -0.462 e. The van der Waals surface area contributed by atoms with E-state index in [9.17, 15) is 4.79 Å². The summed E-state index contributed by atoms with van der Waals surface area (Å²) in [6.45, 7) is 4.97. The van der Waals surface area contributed by atoms with Crippen LogP contribution in [0.2, 0.25) is 0 Å². The number of esters is 1. The topological polar surface area (TPSA) is 67.3 Å². The monoisotopic (exact) mass is 388 g/mol. The molecular weight excluding hydrogens is 364 g/mol. The number of rotatable bonds is 5. The molecular formula is C23H24N4O2. The minimum absolute atomic E-state index is 0.326. The van der Waals surface area contributed by atoms with Crippen LogP contribution in [-0.2, 0) is 11.2 Å². The maximum absolute atomic E-state index is 12.3. The van der Waals surface area contributed by atoms with E-state index < -0.39 is 0 Å². The van der Waals surface area contributed by atoms with Crippen molar-refractivity contribution < 1.29 is 9.53 Å². The Balaban J connectivity index is 1.67. The highest BCUT2D eigenvalue weighted by molar-refractivity contribution is 5.96. The molecule has 148 valence electrons. The van der Waals surface area contributed by atoms with Crippen molar-refractivity contribution in [2.24, 2.45) is 0 Å². The summed E-state index contributed by atoms with van der Waals surface area (Å²) >= 11 is 0. The van der Waals surface area contributed by atoms with Crippen LogP contribution in [0.25, 0.3) is 0 Å². The van der Waals surface area contributed by atoms with E-state index in [1.54, 1.807) is 13.0 Å². The van der Waals surface area contributed by atoms with Gasteiger partial charge in [0.1, 0.15) is 5.82 Å². The van der Waals surface area contributed by atoms with Crippen LogP contribution in [0, 0.1) is 6.92 Å². The molecule has 1 N–H and O–H groups in total. The Morgan fingerprint density at radius 3 is 2.79 bits per heavy atom. The molecule has 0 saturated carbocycles. The molecule has 2 aromatic carbocycles. The normalized spacial score (nSPS) is 13.0. The van der Waals surface area contributed by atoms with Crippen LogP contribution in [0.15, 0.2) is 54.6 Å². The molecule has 0 spiro atoms. The number of ether oxygens (including phenoxy) is 1. The van der Waals surface area contributed by atoms with Crippen molar-refractivity contribution in [3.63, 3.8) is 0 Å². The maximum Gasteiger partial charge on any atom is 0.340 e. The van der Waals surface area contributed by atoms with Gasteiger partial charge in [-0.15, -0.1) is 0 Å². The standard InChI is InChI=1S/C23H24N4O2/c1-3-29-22(28)18-11-5-6-12-19(18)25-23-24-16(2)15-21(26-23)27-14-8-10-17-9-4-7-13-20(17)27/h4-7,9,11-13,15H,3,8,10,14H2,1-2H3,(H,24,25,26). The Morgan fingerprint density at radius 1 is 1.14 bits per heavy atom. The van der Waals surface area contributed by atoms with E-state index in [0.29, 0.717) is 23.8 Å². The number of nitrogens with one attached hydrogen (secondary N) is 1. The van der Waals surface area contributed by atoms with Crippen LogP contribution in [0.3, 0.4) is 0 Å². The van der Waals surface area contributed by atoms with Crippen LogP contribution < -0.4 is 10.2 Å². The highest BCUT2D eigenvalue weighted by Gasteiger charge is 2.20. The molecule has 1 aromatic heterocycles. The van der Waals surface area contributed by atoms with Crippen molar-refractivity contribution in [3.8, 4) is 0 Å². The smallest absolute Gasteiger partial charge is 0.340 e. The summed E-state index contributed by atoms with van der Waals surface area (Å²) in [5.41, 5.74) is 4.46. The number of hydrogen-bond acceptors (Lipinski definition) is 6. The van der Waals surface area contributed by atoms with Gasteiger partial charge in [0.25, 0.3) is 0 Å². The van der Waals surface area contributed by atoms with Crippen molar-refractivity contribution in [3.05, 3.63) is 71.4 Å². The van der Waals surface area contributed by atoms with Crippen LogP contribution >= 0.6 is 0 Å². The second-order valence-electron chi connectivity index (χ2n) is 6.97. The predicted octanol–water partition coefficient (Wildman–Crippen LogP) is 4.79. The van der Waals surface area contributed by atoms with Gasteiger partial charge in [0, 0.05) is 24.0 Å². The molecule has 0 radical (unpaired) electrons. The van der Waals surface area contributed by atoms with E-state index >= 15 is 0 Å². The van der Waals surface area contributed by atoms with Gasteiger partial charge in [0.05, 0.1) is 17.9 Å². The summed E-state index contributed by atoms with van der Waals surface area (Å²) in [7, 11) is 0. The molecule has 0 atom stereocenters. The first-order valence-corrected chi connectivity index (χ1v) is 9.90. The predicted molar refractivity (Wildman–Crippen MR) is 114 cm³/mol. The molecule has 0 fully saturated rings. The zero-order valence-corrected chi connectivity index (χ0v) is 16.7. The number of aryl methyl sites for hydroxylation is 2. The van der Waals surface area contributed by atoms with Gasteiger partial charge >= 0.3 is 5.97 Å². The summed E-state index contributed by atoms with van der Waals surface area (Å²) in [6, 6.07) is 17.7. The lowest BCUT2D eigenvalue weighted by molar-refractivity contribution is 0.0527. The Morgan fingerprint density at radius 2 is 1.93 bits per heavy atom. The molecule has 0 saturated heterocycles. The highest BCUT2D eigenvalue weighted by Crippen LogP contribution is 2.33. The number of nitrogens with zero attached hydrogens (tertiary/aromatic N) is 3. The molecule has 0 unspecified atom stereocenters. The van der Waals surface area contributed by atoms with Crippen molar-refractivity contribution >= 4 is 29.1 Å². The average Bonchev–Trinajstić information content (AvgIpc) is 2.73. The number of anilines is 4. The van der Waals surface area contributed by atoms with Gasteiger partial charge in [-0.1, -0.05) is 30.3 Å². The number of carbonyl (C=O) groups excluding carboxylic acids is 1. The van der Waals surface area contributed by atoms with Gasteiger partial charge in [-0.25, -0.2) is 9.78 Å². The first kappa shape index (κ1) is 18.9. The zero-order valence-electron chi connectivity index (χ0n) is 16.7. The fraction of sp³-hybridized carbons (Fsp3) is 0.261. The van der Waals surface area contributed by atoms with Gasteiger partial charge < -0.3 is 15.0 Å². The quantitative estimate of drug-likeness (QED) is 0.634. The zero-order chi connectivity index (χ0) is 20.2. The number of fused-ring (bicyclic) bond motifs is 1. The van der Waals surface area contributed by atoms with Crippen molar-refractivity contribution in [2.45, 2.75) is 26.7 Å². The van der Waals surface area contributed by atoms with E-state index in [4.69, 9.17) is 9.72 Å². The van der Waals surface area contributed by atoms with E-state index in [1.807, 2.05) is 31.2 Å². The molecule has 0 amide bonds. The van der Waals surface area contributed by atoms with Gasteiger partial charge in [-0.05, 0) is 50.5 Å². The lowest BCUT2D eigenvalue weighted by atomic mass is 10.0. The third-order valence-electron chi connectivity index (χ3n) is 4.90. The summed E-state index contributed by atoms with van der Waals surface area (Å²) in [5.74, 6) is 0.939. The lowest BCUT2D eigenvalue weighted by Crippen LogP contribution is -2.25. The van der Waals surface area contributed by atoms with Gasteiger partial charge in [-0.2, -0.15) is 4.98 Å². The summed E-state index contributed by atoms with van der Waals surface area (Å²) in [4.78, 5) is 23.8. The molecule has 4 rings (SSSR count). The largest absolute Gasteiger partial charge is 0.462 e. The third-order valence-corrected chi connectivity index (χ3v) is 4.90. The Labute approximate surface area is 170 Å². The Kier molecular flexibility index (Phi) is 5.42. The van der Waals surface area contributed by atoms with Crippen LogP contribution in [-0.4, -0.2) is 29.1 Å². The number of aromatic nitrogens is 2. The molecule has 1 aliphatic heterocycles. The van der Waals surface area contributed by atoms with Crippen LogP contribution in [0.1, 0.15) is 35.0 Å². The van der Waals surface area contributed by atoms with Gasteiger partial charge in [0.2, 0.25) is 5.95 Å². The Hall–Kier alpha value is -3.41. The molecule has 0 aliphatic carbocycles. The van der Waals surface area contributed by atoms with Crippen LogP contribution in [0.4, 0.5) is 23.1 Å². The van der Waals surface area contributed by atoms with E-state index in [1.165, 1.54) is 11.3 Å². The van der Waals surface area contributed by atoms with E-state index in [0.717, 1.165) is 30.9 Å². The van der Waals surface area contributed by atoms with Gasteiger partial charge in [-0.3, -0.25) is 0 Å². The average molecular weight is 388 g/mol. The third kappa shape index (κ3) is 4.06.